The molecule has 0 bridgehead atoms. The highest BCUT2D eigenvalue weighted by atomic mass is 16.3. The molecule has 0 amide bonds. The van der Waals surface area contributed by atoms with Gasteiger partial charge in [0.05, 0.1) is 5.69 Å². The minimum atomic E-state index is 0.357. The van der Waals surface area contributed by atoms with E-state index in [4.69, 9.17) is 4.42 Å². The summed E-state index contributed by atoms with van der Waals surface area (Å²) in [5.41, 5.74) is 0.744. The van der Waals surface area contributed by atoms with Gasteiger partial charge in [0.1, 0.15) is 12.5 Å². The molecule has 0 radical (unpaired) electrons. The van der Waals surface area contributed by atoms with E-state index in [-0.39, 0.29) is 0 Å². The van der Waals surface area contributed by atoms with Crippen LogP contribution in [0.2, 0.25) is 0 Å². The second-order valence-electron chi connectivity index (χ2n) is 4.00. The van der Waals surface area contributed by atoms with Gasteiger partial charge in [0.2, 0.25) is 0 Å². The molecule has 4 heteroatoms. The largest absolute Gasteiger partial charge is 0.449 e. The average Bonchev–Trinajstić information content (AvgIpc) is 2.68. The zero-order valence-corrected chi connectivity index (χ0v) is 8.74. The molecule has 4 nitrogen and oxygen atoms in total. The van der Waals surface area contributed by atoms with Crippen LogP contribution in [0.3, 0.4) is 0 Å². The minimum absolute atomic E-state index is 0.357. The molecule has 0 spiro atoms. The van der Waals surface area contributed by atoms with E-state index in [2.05, 4.69) is 10.3 Å². The number of hydrogen-bond donors (Lipinski definition) is 1. The van der Waals surface area contributed by atoms with Crippen LogP contribution < -0.4 is 5.32 Å². The van der Waals surface area contributed by atoms with Gasteiger partial charge >= 0.3 is 0 Å². The molecule has 82 valence electrons. The van der Waals surface area contributed by atoms with Crippen LogP contribution in [0.4, 0.5) is 0 Å². The second-order valence-corrected chi connectivity index (χ2v) is 4.00. The molecule has 1 aliphatic rings. The molecule has 0 aromatic carbocycles. The first-order valence-electron chi connectivity index (χ1n) is 5.46. The number of nitrogens with one attached hydrogen (secondary N) is 1. The molecule has 0 atom stereocenters. The van der Waals surface area contributed by atoms with Crippen LogP contribution in [0.5, 0.6) is 0 Å². The van der Waals surface area contributed by atoms with Crippen LogP contribution in [0.25, 0.3) is 0 Å². The number of piperidine rings is 1. The predicted octanol–water partition coefficient (Wildman–Crippen LogP) is 0.958. The van der Waals surface area contributed by atoms with Crippen LogP contribution in [0, 0.1) is 5.92 Å². The standard InChI is InChI=1S/C11H16N2O2/c14-6-3-10-8-15-11(13-10)7-9-1-4-12-5-2-9/h6,8-9,12H,1-5,7H2. The van der Waals surface area contributed by atoms with Crippen molar-refractivity contribution < 1.29 is 9.21 Å². The lowest BCUT2D eigenvalue weighted by molar-refractivity contribution is -0.107. The van der Waals surface area contributed by atoms with E-state index in [1.54, 1.807) is 6.26 Å². The summed E-state index contributed by atoms with van der Waals surface area (Å²) >= 11 is 0. The van der Waals surface area contributed by atoms with Gasteiger partial charge in [0.25, 0.3) is 0 Å². The van der Waals surface area contributed by atoms with Gasteiger partial charge in [-0.1, -0.05) is 0 Å². The quantitative estimate of drug-likeness (QED) is 0.749. The Morgan fingerprint density at radius 1 is 1.53 bits per heavy atom. The lowest BCUT2D eigenvalue weighted by Gasteiger charge is -2.20. The van der Waals surface area contributed by atoms with Gasteiger partial charge in [0, 0.05) is 12.8 Å². The number of nitrogens with zero attached hydrogens (tertiary/aromatic N) is 1. The first-order valence-corrected chi connectivity index (χ1v) is 5.46. The highest BCUT2D eigenvalue weighted by Gasteiger charge is 2.16. The molecule has 0 aliphatic carbocycles. The smallest absolute Gasteiger partial charge is 0.194 e. The van der Waals surface area contributed by atoms with E-state index < -0.39 is 0 Å². The number of carbonyl (C=O) groups is 1. The third-order valence-corrected chi connectivity index (χ3v) is 2.81. The summed E-state index contributed by atoms with van der Waals surface area (Å²) in [7, 11) is 0. The summed E-state index contributed by atoms with van der Waals surface area (Å²) in [6.07, 6.45) is 6.07. The summed E-state index contributed by atoms with van der Waals surface area (Å²) < 4.78 is 5.33. The Kier molecular flexibility index (Phi) is 3.50. The lowest BCUT2D eigenvalue weighted by Crippen LogP contribution is -2.28. The van der Waals surface area contributed by atoms with E-state index in [0.29, 0.717) is 12.3 Å². The second kappa shape index (κ2) is 5.07. The van der Waals surface area contributed by atoms with Crippen molar-refractivity contribution in [1.29, 1.82) is 0 Å². The van der Waals surface area contributed by atoms with Gasteiger partial charge in [-0.25, -0.2) is 4.98 Å². The fraction of sp³-hybridized carbons (Fsp3) is 0.636. The molecular weight excluding hydrogens is 192 g/mol. The van der Waals surface area contributed by atoms with Crippen molar-refractivity contribution in [3.8, 4) is 0 Å². The van der Waals surface area contributed by atoms with Gasteiger partial charge in [-0.05, 0) is 31.8 Å². The maximum Gasteiger partial charge on any atom is 0.194 e. The summed E-state index contributed by atoms with van der Waals surface area (Å²) in [6, 6.07) is 0. The van der Waals surface area contributed by atoms with Gasteiger partial charge in [-0.15, -0.1) is 0 Å². The van der Waals surface area contributed by atoms with Crippen LogP contribution in [-0.4, -0.2) is 24.4 Å². The Balaban J connectivity index is 1.88. The fourth-order valence-electron chi connectivity index (χ4n) is 1.95. The molecule has 2 rings (SSSR count). The Labute approximate surface area is 89.1 Å². The SMILES string of the molecule is O=CCc1coc(CC2CCNCC2)n1. The van der Waals surface area contributed by atoms with E-state index in [1.165, 1.54) is 12.8 Å². The van der Waals surface area contributed by atoms with Gasteiger partial charge in [-0.2, -0.15) is 0 Å². The molecule has 15 heavy (non-hydrogen) atoms. The Bertz CT molecular complexity index is 316. The summed E-state index contributed by atoms with van der Waals surface area (Å²) in [6.45, 7) is 2.18. The molecule has 2 heterocycles. The van der Waals surface area contributed by atoms with Crippen molar-refractivity contribution in [2.75, 3.05) is 13.1 Å². The molecule has 0 saturated carbocycles. The van der Waals surface area contributed by atoms with Crippen molar-refractivity contribution in [2.24, 2.45) is 5.92 Å². The van der Waals surface area contributed by atoms with E-state index in [0.717, 1.165) is 37.4 Å². The third-order valence-electron chi connectivity index (χ3n) is 2.81. The van der Waals surface area contributed by atoms with Gasteiger partial charge in [-0.3, -0.25) is 0 Å². The molecule has 0 unspecified atom stereocenters. The van der Waals surface area contributed by atoms with Gasteiger partial charge in [0.15, 0.2) is 5.89 Å². The monoisotopic (exact) mass is 208 g/mol. The van der Waals surface area contributed by atoms with Crippen molar-refractivity contribution in [1.82, 2.24) is 10.3 Å². The fourth-order valence-corrected chi connectivity index (χ4v) is 1.95. The number of hydrogen-bond acceptors (Lipinski definition) is 4. The van der Waals surface area contributed by atoms with Crippen LogP contribution in [0.15, 0.2) is 10.7 Å². The minimum Gasteiger partial charge on any atom is -0.449 e. The Hall–Kier alpha value is -1.16. The first kappa shape index (κ1) is 10.4. The van der Waals surface area contributed by atoms with Crippen LogP contribution in [0.1, 0.15) is 24.4 Å². The van der Waals surface area contributed by atoms with Crippen LogP contribution in [-0.2, 0) is 17.6 Å². The van der Waals surface area contributed by atoms with Crippen molar-refractivity contribution in [2.45, 2.75) is 25.7 Å². The zero-order chi connectivity index (χ0) is 10.5. The van der Waals surface area contributed by atoms with Crippen molar-refractivity contribution >= 4 is 6.29 Å². The summed E-state index contributed by atoms with van der Waals surface area (Å²) in [5, 5.41) is 3.33. The number of aldehydes is 1. The molecule has 1 aromatic heterocycles. The number of aromatic nitrogens is 1. The Morgan fingerprint density at radius 3 is 3.07 bits per heavy atom. The third kappa shape index (κ3) is 2.89. The number of rotatable bonds is 4. The topological polar surface area (TPSA) is 55.1 Å². The van der Waals surface area contributed by atoms with Crippen LogP contribution >= 0.6 is 0 Å². The normalized spacial score (nSPS) is 17.9. The number of carbonyl (C=O) groups excluding carboxylic acids is 1. The maximum absolute atomic E-state index is 10.3. The molecular formula is C11H16N2O2. The van der Waals surface area contributed by atoms with E-state index >= 15 is 0 Å². The highest BCUT2D eigenvalue weighted by Crippen LogP contribution is 2.17. The zero-order valence-electron chi connectivity index (χ0n) is 8.74. The molecule has 1 saturated heterocycles. The first-order chi connectivity index (χ1) is 7.38. The van der Waals surface area contributed by atoms with Gasteiger partial charge < -0.3 is 14.5 Å². The van der Waals surface area contributed by atoms with E-state index in [1.807, 2.05) is 0 Å². The predicted molar refractivity (Wildman–Crippen MR) is 55.6 cm³/mol. The van der Waals surface area contributed by atoms with Crippen molar-refractivity contribution in [3.05, 3.63) is 17.8 Å². The molecule has 1 aromatic rings. The van der Waals surface area contributed by atoms with E-state index in [9.17, 15) is 4.79 Å². The summed E-state index contributed by atoms with van der Waals surface area (Å²) in [4.78, 5) is 14.6. The maximum atomic E-state index is 10.3. The lowest BCUT2D eigenvalue weighted by atomic mass is 9.95. The number of oxazole rings is 1. The average molecular weight is 208 g/mol. The van der Waals surface area contributed by atoms with Crippen molar-refractivity contribution in [3.63, 3.8) is 0 Å². The summed E-state index contributed by atoms with van der Waals surface area (Å²) in [5.74, 6) is 1.45. The Morgan fingerprint density at radius 2 is 2.33 bits per heavy atom. The highest BCUT2D eigenvalue weighted by molar-refractivity contribution is 5.53. The molecule has 1 aliphatic heterocycles. The molecule has 1 N–H and O–H groups in total. The molecule has 1 fully saturated rings.